The van der Waals surface area contributed by atoms with E-state index in [2.05, 4.69) is 10.3 Å². The van der Waals surface area contributed by atoms with Crippen molar-refractivity contribution in [3.63, 3.8) is 0 Å². The summed E-state index contributed by atoms with van der Waals surface area (Å²) in [5.74, 6) is -1.12. The summed E-state index contributed by atoms with van der Waals surface area (Å²) in [6.07, 6.45) is 4.48. The third kappa shape index (κ3) is 4.64. The molecule has 0 spiro atoms. The largest absolute Gasteiger partial charge is 0.370 e. The Balaban J connectivity index is 1.32. The highest BCUT2D eigenvalue weighted by Gasteiger charge is 2.32. The Hall–Kier alpha value is -2.87. The molecule has 2 aromatic rings. The Bertz CT molecular complexity index is 907. The quantitative estimate of drug-likeness (QED) is 0.831. The molecule has 0 atom stereocenters. The number of hydrogen-bond donors (Lipinski definition) is 1. The van der Waals surface area contributed by atoms with Crippen LogP contribution in [-0.4, -0.2) is 47.5 Å². The van der Waals surface area contributed by atoms with Crippen LogP contribution in [0.3, 0.4) is 0 Å². The maximum Gasteiger partial charge on any atom is 0.248 e. The number of rotatable bonds is 4. The average molecular weight is 415 g/mol. The number of anilines is 1. The average Bonchev–Trinajstić information content (AvgIpc) is 2.74. The molecular weight excluding hydrogens is 392 g/mol. The number of morpholine rings is 1. The highest BCUT2D eigenvalue weighted by Crippen LogP contribution is 2.29. The molecule has 1 saturated heterocycles. The van der Waals surface area contributed by atoms with Gasteiger partial charge < -0.3 is 15.0 Å². The smallest absolute Gasteiger partial charge is 0.248 e. The number of halogens is 2. The monoisotopic (exact) mass is 415 g/mol. The maximum atomic E-state index is 13.4. The molecule has 1 aromatic heterocycles. The first kappa shape index (κ1) is 20.4. The molecule has 4 rings (SSSR count). The number of ether oxygens (including phenoxy) is 1. The summed E-state index contributed by atoms with van der Waals surface area (Å²) in [5, 5.41) is 2.82. The zero-order valence-corrected chi connectivity index (χ0v) is 16.4. The summed E-state index contributed by atoms with van der Waals surface area (Å²) in [7, 11) is 0. The lowest BCUT2D eigenvalue weighted by Crippen LogP contribution is -2.49. The molecule has 0 bridgehead atoms. The molecule has 1 aliphatic heterocycles. The number of nitrogens with zero attached hydrogens (tertiary/aromatic N) is 2. The first-order valence-electron chi connectivity index (χ1n) is 10.1. The van der Waals surface area contributed by atoms with Crippen molar-refractivity contribution in [1.82, 2.24) is 9.88 Å². The van der Waals surface area contributed by atoms with Gasteiger partial charge in [-0.1, -0.05) is 0 Å². The van der Waals surface area contributed by atoms with Gasteiger partial charge in [-0.25, -0.2) is 13.8 Å². The number of nitrogens with one attached hydrogen (secondary N) is 1. The molecule has 0 unspecified atom stereocenters. The minimum atomic E-state index is -0.656. The van der Waals surface area contributed by atoms with Crippen LogP contribution >= 0.6 is 0 Å². The second-order valence-corrected chi connectivity index (χ2v) is 7.72. The minimum absolute atomic E-state index is 0.0246. The molecule has 1 aromatic carbocycles. The Labute approximate surface area is 173 Å². The van der Waals surface area contributed by atoms with Crippen molar-refractivity contribution in [2.75, 3.05) is 25.1 Å². The first-order chi connectivity index (χ1) is 14.5. The number of hydrogen-bond acceptors (Lipinski definition) is 4. The van der Waals surface area contributed by atoms with Crippen LogP contribution in [0.15, 0.2) is 36.5 Å². The summed E-state index contributed by atoms with van der Waals surface area (Å²) in [4.78, 5) is 30.7. The van der Waals surface area contributed by atoms with E-state index in [1.807, 2.05) is 4.90 Å². The van der Waals surface area contributed by atoms with Crippen molar-refractivity contribution in [2.24, 2.45) is 5.92 Å². The third-order valence-corrected chi connectivity index (χ3v) is 5.74. The van der Waals surface area contributed by atoms with E-state index < -0.39 is 11.6 Å². The van der Waals surface area contributed by atoms with E-state index >= 15 is 0 Å². The van der Waals surface area contributed by atoms with Gasteiger partial charge in [-0.3, -0.25) is 9.59 Å². The lowest BCUT2D eigenvalue weighted by atomic mass is 9.84. The molecule has 1 N–H and O–H groups in total. The van der Waals surface area contributed by atoms with Crippen molar-refractivity contribution in [2.45, 2.75) is 31.7 Å². The lowest BCUT2D eigenvalue weighted by Gasteiger charge is -2.38. The van der Waals surface area contributed by atoms with E-state index in [-0.39, 0.29) is 30.4 Å². The van der Waals surface area contributed by atoms with E-state index in [9.17, 15) is 18.4 Å². The van der Waals surface area contributed by atoms with Crippen molar-refractivity contribution < 1.29 is 23.1 Å². The molecular formula is C22H23F2N3O3. The van der Waals surface area contributed by atoms with Gasteiger partial charge in [0.2, 0.25) is 11.8 Å². The molecule has 2 fully saturated rings. The minimum Gasteiger partial charge on any atom is -0.370 e. The number of amides is 2. The summed E-state index contributed by atoms with van der Waals surface area (Å²) >= 11 is 0. The fourth-order valence-corrected chi connectivity index (χ4v) is 4.15. The van der Waals surface area contributed by atoms with Crippen LogP contribution in [0.4, 0.5) is 14.6 Å². The Kier molecular flexibility index (Phi) is 6.03. The van der Waals surface area contributed by atoms with Gasteiger partial charge in [0.25, 0.3) is 0 Å². The van der Waals surface area contributed by atoms with E-state index in [1.54, 1.807) is 12.1 Å². The van der Waals surface area contributed by atoms with Crippen LogP contribution in [0.2, 0.25) is 0 Å². The number of carbonyl (C=O) groups excluding carboxylic acids is 2. The second-order valence-electron chi connectivity index (χ2n) is 7.72. The summed E-state index contributed by atoms with van der Waals surface area (Å²) in [5.41, 5.74) is 0.941. The molecule has 30 heavy (non-hydrogen) atoms. The van der Waals surface area contributed by atoms with Gasteiger partial charge in [-0.15, -0.1) is 0 Å². The van der Waals surface area contributed by atoms with Gasteiger partial charge in [0.05, 0.1) is 6.61 Å². The van der Waals surface area contributed by atoms with Gasteiger partial charge in [-0.05, 0) is 55.5 Å². The summed E-state index contributed by atoms with van der Waals surface area (Å²) in [6.45, 7) is 1.33. The predicted octanol–water partition coefficient (Wildman–Crippen LogP) is 3.38. The molecule has 8 heteroatoms. The van der Waals surface area contributed by atoms with Crippen LogP contribution in [0.25, 0.3) is 11.1 Å². The normalized spacial score (nSPS) is 22.1. The van der Waals surface area contributed by atoms with Gasteiger partial charge >= 0.3 is 0 Å². The zero-order valence-electron chi connectivity index (χ0n) is 16.4. The highest BCUT2D eigenvalue weighted by atomic mass is 19.1. The molecule has 2 aliphatic rings. The molecule has 1 aliphatic carbocycles. The van der Waals surface area contributed by atoms with E-state index in [1.165, 1.54) is 18.3 Å². The maximum absolute atomic E-state index is 13.4. The number of benzene rings is 1. The molecule has 1 saturated carbocycles. The zero-order chi connectivity index (χ0) is 21.1. The standard InChI is InChI=1S/C22H23F2N3O3/c23-17-9-16(10-18(24)11-17)15-3-6-20(25-12-15)26-22(29)14-1-4-19(5-2-14)27-7-8-30-13-21(27)28/h3,6,9-12,14,19H,1-2,4-5,7-8,13H2,(H,25,26,29). The van der Waals surface area contributed by atoms with E-state index in [4.69, 9.17) is 4.74 Å². The molecule has 2 heterocycles. The number of aromatic nitrogens is 1. The van der Waals surface area contributed by atoms with Gasteiger partial charge in [0, 0.05) is 36.3 Å². The fraction of sp³-hybridized carbons (Fsp3) is 0.409. The summed E-state index contributed by atoms with van der Waals surface area (Å²) in [6, 6.07) is 6.74. The molecule has 0 radical (unpaired) electrons. The van der Waals surface area contributed by atoms with Crippen LogP contribution in [0.5, 0.6) is 0 Å². The second kappa shape index (κ2) is 8.87. The van der Waals surface area contributed by atoms with Crippen LogP contribution in [0, 0.1) is 17.6 Å². The van der Waals surface area contributed by atoms with Gasteiger partial charge in [0.1, 0.15) is 24.1 Å². The van der Waals surface area contributed by atoms with Crippen molar-refractivity contribution in [1.29, 1.82) is 0 Å². The number of pyridine rings is 1. The van der Waals surface area contributed by atoms with E-state index in [0.29, 0.717) is 42.9 Å². The fourth-order valence-electron chi connectivity index (χ4n) is 4.15. The SMILES string of the molecule is O=C(Nc1ccc(-c2cc(F)cc(F)c2)cn1)C1CCC(N2CCOCC2=O)CC1. The van der Waals surface area contributed by atoms with E-state index in [0.717, 1.165) is 18.9 Å². The number of carbonyl (C=O) groups is 2. The van der Waals surface area contributed by atoms with Crippen molar-refractivity contribution in [3.8, 4) is 11.1 Å². The Morgan fingerprint density at radius 2 is 1.80 bits per heavy atom. The molecule has 6 nitrogen and oxygen atoms in total. The van der Waals surface area contributed by atoms with Gasteiger partial charge in [0.15, 0.2) is 0 Å². The third-order valence-electron chi connectivity index (χ3n) is 5.74. The van der Waals surface area contributed by atoms with Crippen molar-refractivity contribution in [3.05, 3.63) is 48.2 Å². The molecule has 2 amide bonds. The Morgan fingerprint density at radius 1 is 1.07 bits per heavy atom. The van der Waals surface area contributed by atoms with Crippen LogP contribution < -0.4 is 5.32 Å². The van der Waals surface area contributed by atoms with Crippen molar-refractivity contribution >= 4 is 17.6 Å². The highest BCUT2D eigenvalue weighted by molar-refractivity contribution is 5.91. The van der Waals surface area contributed by atoms with Gasteiger partial charge in [-0.2, -0.15) is 0 Å². The lowest BCUT2D eigenvalue weighted by molar-refractivity contribution is -0.146. The molecule has 158 valence electrons. The van der Waals surface area contributed by atoms with Crippen LogP contribution in [0.1, 0.15) is 25.7 Å². The summed E-state index contributed by atoms with van der Waals surface area (Å²) < 4.78 is 32.0. The van der Waals surface area contributed by atoms with Crippen LogP contribution in [-0.2, 0) is 14.3 Å². The first-order valence-corrected chi connectivity index (χ1v) is 10.1. The Morgan fingerprint density at radius 3 is 2.43 bits per heavy atom. The predicted molar refractivity (Wildman–Crippen MR) is 106 cm³/mol. The topological polar surface area (TPSA) is 71.5 Å².